The SMILES string of the molecule is Cc1cccc(NC(=O)c2cn3cc(-c4ccc([C@H]5CC[C@H](CC(=O)O)CC5)cc4)sc3n2)c1. The summed E-state index contributed by atoms with van der Waals surface area (Å²) < 4.78 is 1.91. The van der Waals surface area contributed by atoms with Gasteiger partial charge in [-0.1, -0.05) is 47.7 Å². The minimum Gasteiger partial charge on any atom is -0.481 e. The number of aliphatic carboxylic acids is 1. The average Bonchev–Trinajstić information content (AvgIpc) is 3.39. The van der Waals surface area contributed by atoms with E-state index >= 15 is 0 Å². The average molecular weight is 474 g/mol. The number of imidazole rings is 1. The van der Waals surface area contributed by atoms with Crippen molar-refractivity contribution in [2.75, 3.05) is 5.32 Å². The van der Waals surface area contributed by atoms with Gasteiger partial charge in [-0.25, -0.2) is 4.98 Å². The summed E-state index contributed by atoms with van der Waals surface area (Å²) >= 11 is 1.56. The minimum absolute atomic E-state index is 0.217. The van der Waals surface area contributed by atoms with E-state index in [2.05, 4.69) is 34.6 Å². The molecule has 1 saturated carbocycles. The zero-order valence-corrected chi connectivity index (χ0v) is 19.8. The van der Waals surface area contributed by atoms with Crippen molar-refractivity contribution in [1.29, 1.82) is 0 Å². The molecule has 0 atom stereocenters. The molecular weight excluding hydrogens is 446 g/mol. The largest absolute Gasteiger partial charge is 0.481 e. The molecular formula is C27H27N3O3S. The highest BCUT2D eigenvalue weighted by atomic mass is 32.1. The van der Waals surface area contributed by atoms with Gasteiger partial charge in [0.05, 0.1) is 4.88 Å². The number of rotatable bonds is 6. The molecule has 2 N–H and O–H groups in total. The zero-order valence-electron chi connectivity index (χ0n) is 19.0. The number of nitrogens with one attached hydrogen (secondary N) is 1. The summed E-state index contributed by atoms with van der Waals surface area (Å²) in [4.78, 5) is 30.0. The lowest BCUT2D eigenvalue weighted by atomic mass is 9.77. The molecule has 5 rings (SSSR count). The van der Waals surface area contributed by atoms with Gasteiger partial charge in [0.1, 0.15) is 5.69 Å². The van der Waals surface area contributed by atoms with Crippen LogP contribution in [0.2, 0.25) is 0 Å². The molecule has 1 amide bonds. The Balaban J connectivity index is 1.25. The van der Waals surface area contributed by atoms with Crippen LogP contribution in [0.25, 0.3) is 15.4 Å². The number of aromatic nitrogens is 2. The second-order valence-electron chi connectivity index (χ2n) is 9.17. The number of carbonyl (C=O) groups excluding carboxylic acids is 1. The van der Waals surface area contributed by atoms with Crippen molar-refractivity contribution in [3.8, 4) is 10.4 Å². The lowest BCUT2D eigenvalue weighted by Gasteiger charge is -2.28. The lowest BCUT2D eigenvalue weighted by Crippen LogP contribution is -2.16. The van der Waals surface area contributed by atoms with E-state index in [0.29, 0.717) is 24.0 Å². The molecule has 4 aromatic rings. The third-order valence-corrected chi connectivity index (χ3v) is 7.69. The molecule has 0 bridgehead atoms. The molecule has 2 aromatic heterocycles. The predicted molar refractivity (Wildman–Crippen MR) is 135 cm³/mol. The number of amides is 1. The van der Waals surface area contributed by atoms with Gasteiger partial charge in [0.2, 0.25) is 0 Å². The van der Waals surface area contributed by atoms with E-state index in [1.54, 1.807) is 17.5 Å². The van der Waals surface area contributed by atoms with Crippen LogP contribution in [0, 0.1) is 12.8 Å². The van der Waals surface area contributed by atoms with Gasteiger partial charge in [0, 0.05) is 24.5 Å². The van der Waals surface area contributed by atoms with Gasteiger partial charge in [-0.2, -0.15) is 0 Å². The monoisotopic (exact) mass is 473 g/mol. The van der Waals surface area contributed by atoms with Crippen LogP contribution in [0.3, 0.4) is 0 Å². The lowest BCUT2D eigenvalue weighted by molar-refractivity contribution is -0.138. The van der Waals surface area contributed by atoms with Crippen LogP contribution < -0.4 is 5.32 Å². The van der Waals surface area contributed by atoms with E-state index < -0.39 is 5.97 Å². The summed E-state index contributed by atoms with van der Waals surface area (Å²) in [5, 5.41) is 11.9. The van der Waals surface area contributed by atoms with E-state index in [0.717, 1.165) is 52.3 Å². The van der Waals surface area contributed by atoms with Gasteiger partial charge in [-0.3, -0.25) is 14.0 Å². The Kier molecular flexibility index (Phi) is 6.20. The van der Waals surface area contributed by atoms with Crippen LogP contribution in [0.15, 0.2) is 60.9 Å². The highest BCUT2D eigenvalue weighted by Gasteiger charge is 2.24. The number of benzene rings is 2. The molecule has 174 valence electrons. The first-order valence-corrected chi connectivity index (χ1v) is 12.4. The molecule has 0 saturated heterocycles. The summed E-state index contributed by atoms with van der Waals surface area (Å²) in [6.07, 6.45) is 8.16. The van der Waals surface area contributed by atoms with Crippen LogP contribution >= 0.6 is 11.3 Å². The van der Waals surface area contributed by atoms with Crippen molar-refractivity contribution < 1.29 is 14.7 Å². The van der Waals surface area contributed by atoms with Crippen LogP contribution in [0.1, 0.15) is 59.6 Å². The number of fused-ring (bicyclic) bond motifs is 1. The molecule has 0 aliphatic heterocycles. The van der Waals surface area contributed by atoms with Crippen LogP contribution in [-0.4, -0.2) is 26.4 Å². The van der Waals surface area contributed by atoms with Crippen molar-refractivity contribution in [2.24, 2.45) is 5.92 Å². The van der Waals surface area contributed by atoms with Crippen molar-refractivity contribution in [2.45, 2.75) is 44.9 Å². The van der Waals surface area contributed by atoms with Crippen LogP contribution in [-0.2, 0) is 4.79 Å². The van der Waals surface area contributed by atoms with Gasteiger partial charge in [0.25, 0.3) is 5.91 Å². The number of carbonyl (C=O) groups is 2. The van der Waals surface area contributed by atoms with Gasteiger partial charge < -0.3 is 10.4 Å². The van der Waals surface area contributed by atoms with Crippen molar-refractivity contribution in [3.05, 3.63) is 77.7 Å². The molecule has 6 nitrogen and oxygen atoms in total. The number of anilines is 1. The Hall–Kier alpha value is -3.45. The van der Waals surface area contributed by atoms with Gasteiger partial charge in [-0.05, 0) is 73.3 Å². The smallest absolute Gasteiger partial charge is 0.303 e. The third-order valence-electron chi connectivity index (χ3n) is 6.64. The maximum absolute atomic E-state index is 12.6. The van der Waals surface area contributed by atoms with Crippen molar-refractivity contribution in [1.82, 2.24) is 9.38 Å². The maximum Gasteiger partial charge on any atom is 0.303 e. The first kappa shape index (κ1) is 22.3. The highest BCUT2D eigenvalue weighted by Crippen LogP contribution is 2.38. The minimum atomic E-state index is -0.686. The molecule has 0 spiro atoms. The van der Waals surface area contributed by atoms with Gasteiger partial charge in [-0.15, -0.1) is 0 Å². The number of hydrogen-bond acceptors (Lipinski definition) is 4. The number of aryl methyl sites for hydroxylation is 1. The standard InChI is InChI=1S/C27H27N3O3S/c1-17-3-2-4-22(13-17)28-26(33)23-15-30-16-24(34-27(30)29-23)21-11-9-20(10-12-21)19-7-5-18(6-8-19)14-25(31)32/h2-4,9-13,15-16,18-19H,5-8,14H2,1H3,(H,28,33)(H,31,32)/t18-,19-. The molecule has 1 fully saturated rings. The fourth-order valence-electron chi connectivity index (χ4n) is 4.82. The van der Waals surface area contributed by atoms with Crippen LogP contribution in [0.4, 0.5) is 5.69 Å². The molecule has 0 unspecified atom stereocenters. The topological polar surface area (TPSA) is 83.7 Å². The first-order chi connectivity index (χ1) is 16.4. The number of carboxylic acid groups (broad SMARTS) is 1. The molecule has 1 aliphatic carbocycles. The number of nitrogens with zero attached hydrogens (tertiary/aromatic N) is 2. The number of thiazole rings is 1. The summed E-state index contributed by atoms with van der Waals surface area (Å²) in [5.41, 5.74) is 4.70. The Labute approximate surface area is 202 Å². The summed E-state index contributed by atoms with van der Waals surface area (Å²) in [5.74, 6) is -0.0760. The summed E-state index contributed by atoms with van der Waals surface area (Å²) in [6, 6.07) is 16.4. The molecule has 7 heteroatoms. The molecule has 2 aromatic carbocycles. The van der Waals surface area contributed by atoms with Crippen molar-refractivity contribution >= 4 is 33.9 Å². The van der Waals surface area contributed by atoms with E-state index in [1.165, 1.54) is 5.56 Å². The molecule has 0 radical (unpaired) electrons. The number of hydrogen-bond donors (Lipinski definition) is 2. The highest BCUT2D eigenvalue weighted by molar-refractivity contribution is 7.20. The summed E-state index contributed by atoms with van der Waals surface area (Å²) in [7, 11) is 0. The maximum atomic E-state index is 12.6. The van der Waals surface area contributed by atoms with E-state index in [4.69, 9.17) is 5.11 Å². The second-order valence-corrected chi connectivity index (χ2v) is 10.2. The second kappa shape index (κ2) is 9.43. The summed E-state index contributed by atoms with van der Waals surface area (Å²) in [6.45, 7) is 1.99. The quantitative estimate of drug-likeness (QED) is 0.341. The van der Waals surface area contributed by atoms with E-state index in [9.17, 15) is 9.59 Å². The van der Waals surface area contributed by atoms with Gasteiger partial charge in [0.15, 0.2) is 4.96 Å². The van der Waals surface area contributed by atoms with Gasteiger partial charge >= 0.3 is 5.97 Å². The fourth-order valence-corrected chi connectivity index (χ4v) is 5.79. The third kappa shape index (κ3) is 4.89. The van der Waals surface area contributed by atoms with E-state index in [-0.39, 0.29) is 5.91 Å². The number of carboxylic acids is 1. The molecule has 2 heterocycles. The molecule has 34 heavy (non-hydrogen) atoms. The Morgan fingerprint density at radius 2 is 1.85 bits per heavy atom. The van der Waals surface area contributed by atoms with E-state index in [1.807, 2.05) is 41.8 Å². The first-order valence-electron chi connectivity index (χ1n) is 11.6. The Morgan fingerprint density at radius 1 is 1.09 bits per heavy atom. The zero-order chi connectivity index (χ0) is 23.7. The van der Waals surface area contributed by atoms with Crippen LogP contribution in [0.5, 0.6) is 0 Å². The Bertz CT molecular complexity index is 1300. The Morgan fingerprint density at radius 3 is 2.53 bits per heavy atom. The molecule has 1 aliphatic rings. The predicted octanol–water partition coefficient (Wildman–Crippen LogP) is 6.37. The fraction of sp³-hybridized carbons (Fsp3) is 0.296. The normalized spacial score (nSPS) is 18.1. The van der Waals surface area contributed by atoms with Crippen molar-refractivity contribution in [3.63, 3.8) is 0 Å².